The first-order chi connectivity index (χ1) is 33.2. The van der Waals surface area contributed by atoms with Gasteiger partial charge in [-0.05, 0) is 283 Å². The summed E-state index contributed by atoms with van der Waals surface area (Å²) < 4.78 is 0. The third kappa shape index (κ3) is 23.5. The molecule has 0 aliphatic carbocycles. The van der Waals surface area contributed by atoms with Crippen LogP contribution in [0, 0.1) is 125 Å². The minimum absolute atomic E-state index is 0. The fourth-order valence-corrected chi connectivity index (χ4v) is 10.2. The van der Waals surface area contributed by atoms with E-state index in [9.17, 15) is 0 Å². The van der Waals surface area contributed by atoms with E-state index >= 15 is 0 Å². The average molecular weight is 1040 g/mol. The summed E-state index contributed by atoms with van der Waals surface area (Å²) in [5.74, 6) is 3.86. The fourth-order valence-electron chi connectivity index (χ4n) is 10.2. The molecule has 6 rings (SSSR count). The maximum atomic E-state index is 2.31. The Labute approximate surface area is 476 Å². The normalized spacial score (nSPS) is 10.3. The number of rotatable bonds is 6. The van der Waals surface area contributed by atoms with E-state index in [-0.39, 0.29) is 29.7 Å². The first-order valence-corrected chi connectivity index (χ1v) is 27.6. The summed E-state index contributed by atoms with van der Waals surface area (Å²) in [6.45, 7) is 66.4. The van der Waals surface area contributed by atoms with Gasteiger partial charge in [0.2, 0.25) is 0 Å². The molecule has 0 atom stereocenters. The predicted molar refractivity (Wildman–Crippen MR) is 355 cm³/mol. The van der Waals surface area contributed by atoms with Crippen molar-refractivity contribution < 1.29 is 0 Å². The maximum absolute atomic E-state index is 2.31. The zero-order valence-electron chi connectivity index (χ0n) is 52.4. The van der Waals surface area contributed by atoms with Crippen molar-refractivity contribution in [2.24, 2.45) is 0 Å². The summed E-state index contributed by atoms with van der Waals surface area (Å²) in [5, 5.41) is 0. The second-order valence-corrected chi connectivity index (χ2v) is 23.6. The number of aryl methyl sites for hydroxylation is 13. The van der Waals surface area contributed by atoms with Crippen molar-refractivity contribution in [3.63, 3.8) is 0 Å². The molecule has 0 saturated carbocycles. The SMILES string of the molecule is C.C.C.C.Cc1cc(C(C)C)cc(C)c1C.Cc1cc(C)c(C(C)C)c(C)c1.Cc1cc(C)c(C(C)C)cc1C.Cc1cc(C)c(C)c(C(C)C)c1.Cc1ccc(C(C)C)c(C)c1C.Cc1ccc(C)c(C(C)C)c1C. The van der Waals surface area contributed by atoms with Gasteiger partial charge in [0.05, 0.1) is 0 Å². The van der Waals surface area contributed by atoms with Crippen LogP contribution in [-0.2, 0) is 0 Å². The Morgan fingerprint density at radius 2 is 0.579 bits per heavy atom. The summed E-state index contributed by atoms with van der Waals surface area (Å²) in [6.07, 6.45) is 0. The zero-order chi connectivity index (χ0) is 55.8. The van der Waals surface area contributed by atoms with Gasteiger partial charge in [-0.2, -0.15) is 0 Å². The van der Waals surface area contributed by atoms with E-state index in [1.807, 2.05) is 0 Å². The van der Waals surface area contributed by atoms with Gasteiger partial charge in [0.15, 0.2) is 0 Å². The third-order valence-corrected chi connectivity index (χ3v) is 15.2. The van der Waals surface area contributed by atoms with E-state index in [4.69, 9.17) is 0 Å². The molecule has 0 amide bonds. The molecule has 0 unspecified atom stereocenters. The smallest absolute Gasteiger partial charge is 0.0213 e. The predicted octanol–water partition coefficient (Wildman–Crippen LogP) is 25.0. The molecule has 0 heteroatoms. The monoisotopic (exact) mass is 1040 g/mol. The number of hydrogen-bond acceptors (Lipinski definition) is 0. The van der Waals surface area contributed by atoms with Crippen LogP contribution in [0.3, 0.4) is 0 Å². The lowest BCUT2D eigenvalue weighted by atomic mass is 9.91. The molecule has 0 aromatic heterocycles. The molecule has 0 aliphatic heterocycles. The first-order valence-electron chi connectivity index (χ1n) is 27.6. The van der Waals surface area contributed by atoms with E-state index in [0.29, 0.717) is 35.5 Å². The Balaban J connectivity index is -0.000000405. The highest BCUT2D eigenvalue weighted by Crippen LogP contribution is 2.28. The van der Waals surface area contributed by atoms with E-state index in [0.717, 1.165) is 0 Å². The molecule has 0 nitrogen and oxygen atoms in total. The number of benzene rings is 6. The molecule has 0 aliphatic rings. The molecule has 428 valence electrons. The maximum Gasteiger partial charge on any atom is -0.0213 e. The topological polar surface area (TPSA) is 0 Å². The molecule has 6 aromatic carbocycles. The first kappa shape index (κ1) is 77.8. The van der Waals surface area contributed by atoms with Crippen LogP contribution in [0.5, 0.6) is 0 Å². The van der Waals surface area contributed by atoms with Crippen LogP contribution in [0.25, 0.3) is 0 Å². The van der Waals surface area contributed by atoms with Crippen LogP contribution >= 0.6 is 0 Å². The lowest BCUT2D eigenvalue weighted by Crippen LogP contribution is -1.97. The largest absolute Gasteiger partial charge is 0.0776 e. The highest BCUT2D eigenvalue weighted by molar-refractivity contribution is 5.43. The molecular weight excluding hydrogens is 913 g/mol. The molecule has 0 heterocycles. The van der Waals surface area contributed by atoms with Gasteiger partial charge in [-0.15, -0.1) is 0 Å². The van der Waals surface area contributed by atoms with Crippen molar-refractivity contribution in [3.05, 3.63) is 206 Å². The Hall–Kier alpha value is -4.68. The van der Waals surface area contributed by atoms with Crippen LogP contribution in [-0.4, -0.2) is 0 Å². The van der Waals surface area contributed by atoms with Gasteiger partial charge in [0, 0.05) is 0 Å². The number of hydrogen-bond donors (Lipinski definition) is 0. The van der Waals surface area contributed by atoms with E-state index in [2.05, 4.69) is 281 Å². The van der Waals surface area contributed by atoms with Gasteiger partial charge in [0.25, 0.3) is 0 Å². The van der Waals surface area contributed by atoms with Gasteiger partial charge in [0.1, 0.15) is 0 Å². The Morgan fingerprint density at radius 3 is 0.987 bits per heavy atom. The summed E-state index contributed by atoms with van der Waals surface area (Å²) in [7, 11) is 0. The molecule has 0 bridgehead atoms. The quantitative estimate of drug-likeness (QED) is 0.156. The van der Waals surface area contributed by atoms with Gasteiger partial charge in [-0.25, -0.2) is 0 Å². The zero-order valence-corrected chi connectivity index (χ0v) is 52.4. The Kier molecular flexibility index (Phi) is 36.5. The van der Waals surface area contributed by atoms with Crippen molar-refractivity contribution in [2.45, 2.75) is 273 Å². The van der Waals surface area contributed by atoms with E-state index in [1.165, 1.54) is 134 Å². The minimum Gasteiger partial charge on any atom is -0.0776 e. The van der Waals surface area contributed by atoms with E-state index in [1.54, 1.807) is 0 Å². The lowest BCUT2D eigenvalue weighted by molar-refractivity contribution is 0.843. The van der Waals surface area contributed by atoms with Crippen LogP contribution < -0.4 is 0 Å². The molecule has 76 heavy (non-hydrogen) atoms. The van der Waals surface area contributed by atoms with Gasteiger partial charge >= 0.3 is 0 Å². The van der Waals surface area contributed by atoms with Crippen LogP contribution in [0.15, 0.2) is 72.8 Å². The highest BCUT2D eigenvalue weighted by Gasteiger charge is 2.11. The molecular formula is C76H124. The molecule has 0 saturated heterocycles. The van der Waals surface area contributed by atoms with Crippen molar-refractivity contribution >= 4 is 0 Å². The Morgan fingerprint density at radius 1 is 0.211 bits per heavy atom. The van der Waals surface area contributed by atoms with Gasteiger partial charge in [-0.1, -0.05) is 197 Å². The molecule has 0 spiro atoms. The van der Waals surface area contributed by atoms with Crippen molar-refractivity contribution in [2.75, 3.05) is 0 Å². The van der Waals surface area contributed by atoms with Crippen molar-refractivity contribution in [1.82, 2.24) is 0 Å². The van der Waals surface area contributed by atoms with Crippen molar-refractivity contribution in [3.8, 4) is 0 Å². The average Bonchev–Trinajstić information content (AvgIpc) is 3.26. The van der Waals surface area contributed by atoms with Crippen LogP contribution in [0.1, 0.15) is 282 Å². The Bertz CT molecular complexity index is 2600. The molecule has 0 N–H and O–H groups in total. The van der Waals surface area contributed by atoms with Crippen LogP contribution in [0.4, 0.5) is 0 Å². The molecule has 0 fully saturated rings. The molecule has 6 aromatic rings. The minimum atomic E-state index is 0. The highest BCUT2D eigenvalue weighted by atomic mass is 14.2. The summed E-state index contributed by atoms with van der Waals surface area (Å²) in [6, 6.07) is 27.2. The standard InChI is InChI=1S/6C12H18.4CH4/c1-8(2)12-6-9(3)11(5)10(4)7-12;1-8(2)12-7-10(4)9(3)6-11(12)5;1-8(2)12-7-9(3)6-10(4)11(12)5;1-8(2)12-10(4)6-9(3)7-11(12)5;1-8(2)12-7-6-9(3)10(4)11(12)5;1-8(2)12-10(4)7-6-9(3)11(12)5;;;;/h6*6-8H,1-5H3;4*1H4. The second kappa shape index (κ2) is 35.7. The molecule has 0 radical (unpaired) electrons. The van der Waals surface area contributed by atoms with Crippen LogP contribution in [0.2, 0.25) is 0 Å². The lowest BCUT2D eigenvalue weighted by Gasteiger charge is -2.15. The summed E-state index contributed by atoms with van der Waals surface area (Å²) >= 11 is 0. The van der Waals surface area contributed by atoms with E-state index < -0.39 is 0 Å². The summed E-state index contributed by atoms with van der Waals surface area (Å²) in [5.41, 5.74) is 34.5. The van der Waals surface area contributed by atoms with Gasteiger partial charge < -0.3 is 0 Å². The third-order valence-electron chi connectivity index (χ3n) is 15.2. The second-order valence-electron chi connectivity index (χ2n) is 23.6. The summed E-state index contributed by atoms with van der Waals surface area (Å²) in [4.78, 5) is 0. The van der Waals surface area contributed by atoms with Gasteiger partial charge in [-0.3, -0.25) is 0 Å². The van der Waals surface area contributed by atoms with Crippen molar-refractivity contribution in [1.29, 1.82) is 0 Å². The fraction of sp³-hybridized carbons (Fsp3) is 0.526.